The molecule has 2 nitrogen and oxygen atoms in total. The number of carbonyl (C=O) groups is 1. The molecule has 17 heavy (non-hydrogen) atoms. The Labute approximate surface area is 101 Å². The molecule has 0 amide bonds. The van der Waals surface area contributed by atoms with E-state index in [4.69, 9.17) is 4.74 Å². The first kappa shape index (κ1) is 10.7. The lowest BCUT2D eigenvalue weighted by Crippen LogP contribution is -2.21. The van der Waals surface area contributed by atoms with Crippen molar-refractivity contribution in [2.45, 2.75) is 25.9 Å². The normalized spacial score (nSPS) is 26.5. The number of allylic oxidation sites excluding steroid dienone is 1. The van der Waals surface area contributed by atoms with E-state index in [2.05, 4.69) is 13.8 Å². The number of benzene rings is 1. The number of fused-ring (bicyclic) bond motifs is 1. The van der Waals surface area contributed by atoms with E-state index in [1.165, 1.54) is 5.57 Å². The highest BCUT2D eigenvalue weighted by molar-refractivity contribution is 6.24. The number of ether oxygens (including phenoxy) is 1. The number of rotatable bonds is 1. The highest BCUT2D eigenvalue weighted by Gasteiger charge is 2.46. The third-order valence-corrected chi connectivity index (χ3v) is 3.74. The predicted molar refractivity (Wildman–Crippen MR) is 66.5 cm³/mol. The molecule has 0 spiro atoms. The molecule has 1 heterocycles. The molecule has 1 aromatic rings. The molecule has 0 aromatic heterocycles. The van der Waals surface area contributed by atoms with Crippen molar-refractivity contribution in [2.75, 3.05) is 6.61 Å². The monoisotopic (exact) mass is 228 g/mol. The fourth-order valence-corrected chi connectivity index (χ4v) is 3.03. The maximum atomic E-state index is 12.2. The van der Waals surface area contributed by atoms with Crippen LogP contribution in [0.5, 0.6) is 0 Å². The van der Waals surface area contributed by atoms with Gasteiger partial charge in [0.1, 0.15) is 0 Å². The second-order valence-corrected chi connectivity index (χ2v) is 5.30. The van der Waals surface area contributed by atoms with Gasteiger partial charge in [0.05, 0.1) is 12.2 Å². The maximum absolute atomic E-state index is 12.2. The van der Waals surface area contributed by atoms with Crippen molar-refractivity contribution in [3.8, 4) is 0 Å². The molecule has 88 valence electrons. The Hall–Kier alpha value is -1.41. The van der Waals surface area contributed by atoms with Crippen LogP contribution in [0.15, 0.2) is 35.9 Å². The van der Waals surface area contributed by atoms with Crippen LogP contribution >= 0.6 is 0 Å². The molecule has 1 fully saturated rings. The third-order valence-electron chi connectivity index (χ3n) is 3.74. The van der Waals surface area contributed by atoms with Gasteiger partial charge in [0.15, 0.2) is 5.78 Å². The molecule has 1 aromatic carbocycles. The van der Waals surface area contributed by atoms with Crippen LogP contribution in [0.25, 0.3) is 5.57 Å². The van der Waals surface area contributed by atoms with Gasteiger partial charge in [-0.2, -0.15) is 0 Å². The van der Waals surface area contributed by atoms with Crippen LogP contribution < -0.4 is 0 Å². The van der Waals surface area contributed by atoms with Gasteiger partial charge in [-0.05, 0) is 25.0 Å². The highest BCUT2D eigenvalue weighted by atomic mass is 16.5. The minimum absolute atomic E-state index is 0.271. The minimum atomic E-state index is -0.290. The molecule has 1 aliphatic carbocycles. The lowest BCUT2D eigenvalue weighted by atomic mass is 9.89. The van der Waals surface area contributed by atoms with Gasteiger partial charge in [0.2, 0.25) is 0 Å². The van der Waals surface area contributed by atoms with Crippen molar-refractivity contribution in [1.82, 2.24) is 0 Å². The molecule has 2 heteroatoms. The first-order valence-corrected chi connectivity index (χ1v) is 6.07. The quantitative estimate of drug-likeness (QED) is 0.738. The van der Waals surface area contributed by atoms with E-state index in [0.29, 0.717) is 18.9 Å². The lowest BCUT2D eigenvalue weighted by Gasteiger charge is -2.20. The molecule has 3 rings (SSSR count). The first-order valence-electron chi connectivity index (χ1n) is 6.07. The van der Waals surface area contributed by atoms with Crippen LogP contribution in [0, 0.1) is 5.92 Å². The van der Waals surface area contributed by atoms with Crippen molar-refractivity contribution in [2.24, 2.45) is 5.92 Å². The summed E-state index contributed by atoms with van der Waals surface area (Å²) in [4.78, 5) is 12.2. The Bertz CT molecular complexity index is 497. The molecule has 0 saturated carbocycles. The number of carbonyl (C=O) groups excluding carboxylic acids is 1. The molecule has 1 aliphatic heterocycles. The molecule has 0 bridgehead atoms. The van der Waals surface area contributed by atoms with Crippen LogP contribution in [-0.2, 0) is 9.53 Å². The zero-order chi connectivity index (χ0) is 12.0. The SMILES string of the molecule is CC1(C)OCC2CC(=O)C(c3ccccc3)=C21. The van der Waals surface area contributed by atoms with Crippen LogP contribution in [-0.4, -0.2) is 18.0 Å². The Morgan fingerprint density at radius 2 is 1.94 bits per heavy atom. The summed E-state index contributed by atoms with van der Waals surface area (Å²) in [6, 6.07) is 9.95. The van der Waals surface area contributed by atoms with Crippen LogP contribution in [0.4, 0.5) is 0 Å². The van der Waals surface area contributed by atoms with Crippen molar-refractivity contribution >= 4 is 11.4 Å². The number of hydrogen-bond donors (Lipinski definition) is 0. The van der Waals surface area contributed by atoms with Gasteiger partial charge in [-0.1, -0.05) is 30.3 Å². The maximum Gasteiger partial charge on any atom is 0.164 e. The third kappa shape index (κ3) is 1.55. The molecule has 1 atom stereocenters. The Morgan fingerprint density at radius 1 is 1.24 bits per heavy atom. The lowest BCUT2D eigenvalue weighted by molar-refractivity contribution is -0.114. The topological polar surface area (TPSA) is 26.3 Å². The predicted octanol–water partition coefficient (Wildman–Crippen LogP) is 2.84. The molecule has 1 saturated heterocycles. The largest absolute Gasteiger partial charge is 0.371 e. The van der Waals surface area contributed by atoms with E-state index in [0.717, 1.165) is 11.1 Å². The van der Waals surface area contributed by atoms with Crippen molar-refractivity contribution in [3.63, 3.8) is 0 Å². The van der Waals surface area contributed by atoms with Gasteiger partial charge in [0.25, 0.3) is 0 Å². The van der Waals surface area contributed by atoms with E-state index in [-0.39, 0.29) is 11.4 Å². The van der Waals surface area contributed by atoms with Crippen molar-refractivity contribution in [3.05, 3.63) is 41.5 Å². The average Bonchev–Trinajstić information content (AvgIpc) is 2.78. The summed E-state index contributed by atoms with van der Waals surface area (Å²) in [5, 5.41) is 0. The summed E-state index contributed by atoms with van der Waals surface area (Å²) in [5.74, 6) is 0.570. The first-order chi connectivity index (χ1) is 8.09. The number of Topliss-reactive ketones (excluding diaryl/α,β-unsaturated/α-hetero) is 1. The van der Waals surface area contributed by atoms with Gasteiger partial charge in [0, 0.05) is 17.9 Å². The van der Waals surface area contributed by atoms with Crippen molar-refractivity contribution in [1.29, 1.82) is 0 Å². The summed E-state index contributed by atoms with van der Waals surface area (Å²) >= 11 is 0. The molecular formula is C15H16O2. The zero-order valence-electron chi connectivity index (χ0n) is 10.2. The second kappa shape index (κ2) is 3.54. The summed E-state index contributed by atoms with van der Waals surface area (Å²) in [7, 11) is 0. The summed E-state index contributed by atoms with van der Waals surface area (Å²) in [6.45, 7) is 4.80. The van der Waals surface area contributed by atoms with Crippen LogP contribution in [0.3, 0.4) is 0 Å². The number of ketones is 1. The molecule has 2 aliphatic rings. The highest BCUT2D eigenvalue weighted by Crippen LogP contribution is 2.47. The number of hydrogen-bond acceptors (Lipinski definition) is 2. The van der Waals surface area contributed by atoms with Gasteiger partial charge in [-0.25, -0.2) is 0 Å². The summed E-state index contributed by atoms with van der Waals surface area (Å²) in [6.07, 6.45) is 0.614. The Morgan fingerprint density at radius 3 is 2.65 bits per heavy atom. The standard InChI is InChI=1S/C15H16O2/c1-15(2)14-11(9-17-15)8-12(16)13(14)10-6-4-3-5-7-10/h3-7,11H,8-9H2,1-2H3. The van der Waals surface area contributed by atoms with Crippen LogP contribution in [0.1, 0.15) is 25.8 Å². The molecule has 1 unspecified atom stereocenters. The smallest absolute Gasteiger partial charge is 0.164 e. The van der Waals surface area contributed by atoms with E-state index in [9.17, 15) is 4.79 Å². The van der Waals surface area contributed by atoms with E-state index >= 15 is 0 Å². The van der Waals surface area contributed by atoms with Gasteiger partial charge in [-0.15, -0.1) is 0 Å². The molecule has 0 radical (unpaired) electrons. The van der Waals surface area contributed by atoms with Gasteiger partial charge >= 0.3 is 0 Å². The zero-order valence-corrected chi connectivity index (χ0v) is 10.2. The van der Waals surface area contributed by atoms with Crippen molar-refractivity contribution < 1.29 is 9.53 Å². The van der Waals surface area contributed by atoms with E-state index in [1.807, 2.05) is 30.3 Å². The Kier molecular flexibility index (Phi) is 2.23. The summed E-state index contributed by atoms with van der Waals surface area (Å²) in [5.41, 5.74) is 2.85. The minimum Gasteiger partial charge on any atom is -0.371 e. The van der Waals surface area contributed by atoms with Crippen LogP contribution in [0.2, 0.25) is 0 Å². The average molecular weight is 228 g/mol. The van der Waals surface area contributed by atoms with E-state index < -0.39 is 0 Å². The molecule has 0 N–H and O–H groups in total. The molecular weight excluding hydrogens is 212 g/mol. The van der Waals surface area contributed by atoms with Gasteiger partial charge < -0.3 is 4.74 Å². The fraction of sp³-hybridized carbons (Fsp3) is 0.400. The second-order valence-electron chi connectivity index (χ2n) is 5.30. The Balaban J connectivity index is 2.19. The fourth-order valence-electron chi connectivity index (χ4n) is 3.03. The van der Waals surface area contributed by atoms with Gasteiger partial charge in [-0.3, -0.25) is 4.79 Å². The van der Waals surface area contributed by atoms with E-state index in [1.54, 1.807) is 0 Å². The summed E-state index contributed by atoms with van der Waals surface area (Å²) < 4.78 is 5.80.